The van der Waals surface area contributed by atoms with Gasteiger partial charge in [0.1, 0.15) is 5.82 Å². The third kappa shape index (κ3) is 3.70. The Bertz CT molecular complexity index is 421. The lowest BCUT2D eigenvalue weighted by Crippen LogP contribution is -2.39. The maximum absolute atomic E-state index is 13.5. The number of benzene rings is 1. The summed E-state index contributed by atoms with van der Waals surface area (Å²) in [6, 6.07) is 4.46. The van der Waals surface area contributed by atoms with E-state index in [2.05, 4.69) is 10.6 Å². The normalized spacial score (nSPS) is 12.3. The van der Waals surface area contributed by atoms with Crippen molar-refractivity contribution in [3.8, 4) is 0 Å². The van der Waals surface area contributed by atoms with Crippen LogP contribution in [0.4, 0.5) is 10.1 Å². The molecule has 0 saturated carbocycles. The number of hydrogen-bond donors (Lipinski definition) is 2. The van der Waals surface area contributed by atoms with Gasteiger partial charge < -0.3 is 15.5 Å². The molecule has 1 aromatic rings. The van der Waals surface area contributed by atoms with Gasteiger partial charge >= 0.3 is 0 Å². The lowest BCUT2D eigenvalue weighted by molar-refractivity contribution is 0.0935. The fraction of sp³-hybridized carbons (Fsp3) is 0.462. The van der Waals surface area contributed by atoms with E-state index in [0.717, 1.165) is 6.54 Å². The van der Waals surface area contributed by atoms with Gasteiger partial charge in [0.05, 0.1) is 11.3 Å². The first-order valence-electron chi connectivity index (χ1n) is 5.87. The Labute approximate surface area is 107 Å². The summed E-state index contributed by atoms with van der Waals surface area (Å²) in [4.78, 5) is 14.0. The molecule has 18 heavy (non-hydrogen) atoms. The zero-order chi connectivity index (χ0) is 13.7. The highest BCUT2D eigenvalue weighted by molar-refractivity contribution is 5.99. The average molecular weight is 253 g/mol. The largest absolute Gasteiger partial charge is 0.385 e. The molecule has 0 bridgehead atoms. The van der Waals surface area contributed by atoms with E-state index in [9.17, 15) is 9.18 Å². The summed E-state index contributed by atoms with van der Waals surface area (Å²) in [5.41, 5.74) is 0.551. The molecule has 1 atom stereocenters. The molecule has 1 aromatic carbocycles. The number of amides is 1. The Morgan fingerprint density at radius 1 is 1.44 bits per heavy atom. The lowest BCUT2D eigenvalue weighted by Gasteiger charge is -2.19. The van der Waals surface area contributed by atoms with Gasteiger partial charge in [-0.25, -0.2) is 4.39 Å². The second kappa shape index (κ2) is 6.35. The summed E-state index contributed by atoms with van der Waals surface area (Å²) < 4.78 is 13.5. The maximum atomic E-state index is 13.5. The van der Waals surface area contributed by atoms with Gasteiger partial charge in [0.2, 0.25) is 0 Å². The highest BCUT2D eigenvalue weighted by atomic mass is 19.1. The summed E-state index contributed by atoms with van der Waals surface area (Å²) in [6.45, 7) is 2.65. The standard InChI is InChI=1S/C13H20FN3O/c1-9(8-17(3)4)16-13(18)10-6-5-7-11(14)12(10)15-2/h5-7,9,15H,8H2,1-4H3,(H,16,18). The van der Waals surface area contributed by atoms with Crippen molar-refractivity contribution in [2.45, 2.75) is 13.0 Å². The quantitative estimate of drug-likeness (QED) is 0.836. The topological polar surface area (TPSA) is 44.4 Å². The lowest BCUT2D eigenvalue weighted by atomic mass is 10.1. The SMILES string of the molecule is CNc1c(F)cccc1C(=O)NC(C)CN(C)C. The molecular formula is C13H20FN3O. The van der Waals surface area contributed by atoms with Crippen molar-refractivity contribution in [2.24, 2.45) is 0 Å². The van der Waals surface area contributed by atoms with Crippen LogP contribution in [0.2, 0.25) is 0 Å². The maximum Gasteiger partial charge on any atom is 0.253 e. The van der Waals surface area contributed by atoms with E-state index in [1.54, 1.807) is 13.1 Å². The molecule has 1 amide bonds. The zero-order valence-corrected chi connectivity index (χ0v) is 11.2. The van der Waals surface area contributed by atoms with Gasteiger partial charge in [0.15, 0.2) is 0 Å². The molecule has 1 rings (SSSR count). The van der Waals surface area contributed by atoms with Crippen molar-refractivity contribution in [3.05, 3.63) is 29.6 Å². The monoisotopic (exact) mass is 253 g/mol. The van der Waals surface area contributed by atoms with Gasteiger partial charge in [-0.05, 0) is 33.2 Å². The van der Waals surface area contributed by atoms with Gasteiger partial charge in [-0.3, -0.25) is 4.79 Å². The number of nitrogens with one attached hydrogen (secondary N) is 2. The van der Waals surface area contributed by atoms with Gasteiger partial charge in [-0.2, -0.15) is 0 Å². The van der Waals surface area contributed by atoms with Crippen LogP contribution in [0.15, 0.2) is 18.2 Å². The van der Waals surface area contributed by atoms with Crippen LogP contribution >= 0.6 is 0 Å². The average Bonchev–Trinajstić information content (AvgIpc) is 2.27. The molecule has 0 saturated heterocycles. The highest BCUT2D eigenvalue weighted by Crippen LogP contribution is 2.19. The van der Waals surface area contributed by atoms with Gasteiger partial charge in [0, 0.05) is 19.6 Å². The minimum absolute atomic E-state index is 0.000438. The van der Waals surface area contributed by atoms with E-state index in [1.165, 1.54) is 12.1 Å². The van der Waals surface area contributed by atoms with Crippen molar-refractivity contribution < 1.29 is 9.18 Å². The Morgan fingerprint density at radius 3 is 2.67 bits per heavy atom. The molecule has 0 radical (unpaired) electrons. The summed E-state index contributed by atoms with van der Waals surface area (Å²) in [7, 11) is 5.46. The number of carbonyl (C=O) groups is 1. The fourth-order valence-electron chi connectivity index (χ4n) is 1.86. The third-order valence-electron chi connectivity index (χ3n) is 2.52. The Hall–Kier alpha value is -1.62. The van der Waals surface area contributed by atoms with Crippen molar-refractivity contribution >= 4 is 11.6 Å². The second-order valence-corrected chi connectivity index (χ2v) is 4.55. The van der Waals surface area contributed by atoms with Crippen molar-refractivity contribution in [2.75, 3.05) is 33.0 Å². The van der Waals surface area contributed by atoms with Crippen LogP contribution < -0.4 is 10.6 Å². The molecule has 100 valence electrons. The number of carbonyl (C=O) groups excluding carboxylic acids is 1. The minimum atomic E-state index is -0.426. The molecule has 0 aromatic heterocycles. The first-order valence-corrected chi connectivity index (χ1v) is 5.87. The first kappa shape index (κ1) is 14.4. The number of anilines is 1. The fourth-order valence-corrected chi connectivity index (χ4v) is 1.86. The van der Waals surface area contributed by atoms with Crippen LogP contribution in [0.3, 0.4) is 0 Å². The summed E-state index contributed by atoms with van der Waals surface area (Å²) >= 11 is 0. The number of likely N-dealkylation sites (N-methyl/N-ethyl adjacent to an activating group) is 1. The Kier molecular flexibility index (Phi) is 5.09. The molecule has 0 fully saturated rings. The second-order valence-electron chi connectivity index (χ2n) is 4.55. The van der Waals surface area contributed by atoms with E-state index in [1.807, 2.05) is 25.9 Å². The van der Waals surface area contributed by atoms with E-state index in [-0.39, 0.29) is 17.6 Å². The first-order chi connectivity index (χ1) is 8.45. The number of halogens is 1. The highest BCUT2D eigenvalue weighted by Gasteiger charge is 2.16. The minimum Gasteiger partial charge on any atom is -0.385 e. The summed E-state index contributed by atoms with van der Waals surface area (Å²) in [5.74, 6) is -0.696. The summed E-state index contributed by atoms with van der Waals surface area (Å²) in [6.07, 6.45) is 0. The predicted molar refractivity (Wildman–Crippen MR) is 71.4 cm³/mol. The van der Waals surface area contributed by atoms with Crippen LogP contribution in [-0.4, -0.2) is 44.5 Å². The molecular weight excluding hydrogens is 233 g/mol. The van der Waals surface area contributed by atoms with Crippen molar-refractivity contribution in [1.29, 1.82) is 0 Å². The van der Waals surface area contributed by atoms with Gasteiger partial charge in [0.25, 0.3) is 5.91 Å². The third-order valence-corrected chi connectivity index (χ3v) is 2.52. The van der Waals surface area contributed by atoms with E-state index >= 15 is 0 Å². The molecule has 0 spiro atoms. The van der Waals surface area contributed by atoms with E-state index in [4.69, 9.17) is 0 Å². The summed E-state index contributed by atoms with van der Waals surface area (Å²) in [5, 5.41) is 5.55. The van der Waals surface area contributed by atoms with Gasteiger partial charge in [-0.15, -0.1) is 0 Å². The predicted octanol–water partition coefficient (Wildman–Crippen LogP) is 1.55. The smallest absolute Gasteiger partial charge is 0.253 e. The number of para-hydroxylation sites is 1. The molecule has 5 heteroatoms. The van der Waals surface area contributed by atoms with Gasteiger partial charge in [-0.1, -0.05) is 6.07 Å². The van der Waals surface area contributed by atoms with Crippen LogP contribution in [0, 0.1) is 5.82 Å². The van der Waals surface area contributed by atoms with Crippen LogP contribution in [0.25, 0.3) is 0 Å². The molecule has 0 aliphatic rings. The van der Waals surface area contributed by atoms with E-state index in [0.29, 0.717) is 5.56 Å². The number of hydrogen-bond acceptors (Lipinski definition) is 3. The molecule has 0 aliphatic heterocycles. The molecule has 1 unspecified atom stereocenters. The number of rotatable bonds is 5. The Morgan fingerprint density at radius 2 is 2.11 bits per heavy atom. The van der Waals surface area contributed by atoms with Crippen LogP contribution in [-0.2, 0) is 0 Å². The molecule has 0 heterocycles. The zero-order valence-electron chi connectivity index (χ0n) is 11.2. The van der Waals surface area contributed by atoms with Crippen molar-refractivity contribution in [3.63, 3.8) is 0 Å². The Balaban J connectivity index is 2.81. The van der Waals surface area contributed by atoms with Crippen LogP contribution in [0.1, 0.15) is 17.3 Å². The number of nitrogens with zero attached hydrogens (tertiary/aromatic N) is 1. The molecule has 4 nitrogen and oxygen atoms in total. The molecule has 0 aliphatic carbocycles. The molecule has 2 N–H and O–H groups in total. The van der Waals surface area contributed by atoms with E-state index < -0.39 is 5.82 Å². The van der Waals surface area contributed by atoms with Crippen molar-refractivity contribution in [1.82, 2.24) is 10.2 Å². The van der Waals surface area contributed by atoms with Crippen LogP contribution in [0.5, 0.6) is 0 Å².